The molecule has 1 saturated carbocycles. The van der Waals surface area contributed by atoms with Crippen molar-refractivity contribution in [3.63, 3.8) is 0 Å². The average Bonchev–Trinajstić information content (AvgIpc) is 2.81. The van der Waals surface area contributed by atoms with Crippen molar-refractivity contribution in [1.29, 1.82) is 0 Å². The van der Waals surface area contributed by atoms with Gasteiger partial charge in [-0.25, -0.2) is 0 Å². The molecule has 104 valence electrons. The summed E-state index contributed by atoms with van der Waals surface area (Å²) in [6.07, 6.45) is 3.80. The molecule has 5 heteroatoms. The Bertz CT molecular complexity index is 419. The van der Waals surface area contributed by atoms with Crippen LogP contribution in [0.3, 0.4) is 0 Å². The summed E-state index contributed by atoms with van der Waals surface area (Å²) in [4.78, 5) is 10.1. The molecule has 1 aromatic carbocycles. The number of hydrogen-bond acceptors (Lipinski definition) is 4. The summed E-state index contributed by atoms with van der Waals surface area (Å²) in [5.41, 5.74) is 0.0884. The number of nitro benzene ring substituents is 1. The van der Waals surface area contributed by atoms with Gasteiger partial charge in [-0.3, -0.25) is 10.1 Å². The molecule has 2 atom stereocenters. The van der Waals surface area contributed by atoms with E-state index in [1.807, 2.05) is 0 Å². The Kier molecular flexibility index (Phi) is 4.74. The summed E-state index contributed by atoms with van der Waals surface area (Å²) in [6.45, 7) is 3.69. The molecule has 2 rings (SSSR count). The van der Waals surface area contributed by atoms with Gasteiger partial charge in [0.1, 0.15) is 12.4 Å². The highest BCUT2D eigenvalue weighted by Crippen LogP contribution is 2.24. The lowest BCUT2D eigenvalue weighted by molar-refractivity contribution is -0.384. The molecule has 1 N–H and O–H groups in total. The lowest BCUT2D eigenvalue weighted by atomic mass is 10.1. The molecule has 1 aliphatic carbocycles. The molecule has 1 aliphatic rings. The first-order chi connectivity index (χ1) is 9.15. The molecule has 0 amide bonds. The van der Waals surface area contributed by atoms with E-state index in [9.17, 15) is 10.1 Å². The van der Waals surface area contributed by atoms with Gasteiger partial charge in [0.2, 0.25) is 0 Å². The molecule has 5 nitrogen and oxygen atoms in total. The first kappa shape index (κ1) is 13.8. The van der Waals surface area contributed by atoms with Crippen molar-refractivity contribution in [2.24, 2.45) is 5.92 Å². The fourth-order valence-corrected chi connectivity index (χ4v) is 2.49. The molecule has 0 radical (unpaired) electrons. The molecule has 1 fully saturated rings. The highest BCUT2D eigenvalue weighted by molar-refractivity contribution is 5.35. The van der Waals surface area contributed by atoms with Crippen molar-refractivity contribution in [2.75, 3.05) is 13.2 Å². The smallest absolute Gasteiger partial charge is 0.269 e. The predicted octanol–water partition coefficient (Wildman–Crippen LogP) is 2.75. The van der Waals surface area contributed by atoms with Crippen LogP contribution < -0.4 is 10.1 Å². The van der Waals surface area contributed by atoms with Gasteiger partial charge in [0, 0.05) is 24.7 Å². The van der Waals surface area contributed by atoms with E-state index in [-0.39, 0.29) is 5.69 Å². The fraction of sp³-hybridized carbons (Fsp3) is 0.571. The molecular formula is C14H20N2O3. The third kappa shape index (κ3) is 4.21. The molecule has 1 aromatic rings. The molecule has 0 saturated heterocycles. The van der Waals surface area contributed by atoms with Crippen LogP contribution in [0.5, 0.6) is 5.75 Å². The Morgan fingerprint density at radius 2 is 2.11 bits per heavy atom. The quantitative estimate of drug-likeness (QED) is 0.487. The zero-order chi connectivity index (χ0) is 13.7. The lowest BCUT2D eigenvalue weighted by Gasteiger charge is -2.12. The topological polar surface area (TPSA) is 64.4 Å². The first-order valence-corrected chi connectivity index (χ1v) is 6.76. The van der Waals surface area contributed by atoms with Crippen LogP contribution in [0.1, 0.15) is 26.2 Å². The third-order valence-electron chi connectivity index (χ3n) is 3.55. The molecular weight excluding hydrogens is 244 g/mol. The lowest BCUT2D eigenvalue weighted by Crippen LogP contribution is -2.30. The van der Waals surface area contributed by atoms with Crippen LogP contribution in [0.25, 0.3) is 0 Å². The van der Waals surface area contributed by atoms with Gasteiger partial charge in [0.15, 0.2) is 0 Å². The van der Waals surface area contributed by atoms with Crippen LogP contribution in [0.15, 0.2) is 24.3 Å². The van der Waals surface area contributed by atoms with Crippen molar-refractivity contribution in [3.05, 3.63) is 34.4 Å². The van der Waals surface area contributed by atoms with E-state index in [0.29, 0.717) is 18.4 Å². The van der Waals surface area contributed by atoms with Crippen LogP contribution in [0, 0.1) is 16.0 Å². The number of nitrogens with one attached hydrogen (secondary N) is 1. The summed E-state index contributed by atoms with van der Waals surface area (Å²) in [5, 5.41) is 14.0. The highest BCUT2D eigenvalue weighted by atomic mass is 16.6. The number of non-ortho nitro benzene ring substituents is 1. The van der Waals surface area contributed by atoms with Gasteiger partial charge in [-0.15, -0.1) is 0 Å². The van der Waals surface area contributed by atoms with Crippen LogP contribution >= 0.6 is 0 Å². The SMILES string of the molecule is CC1CCC(NCCOc2ccc([N+](=O)[O-])cc2)C1. The van der Waals surface area contributed by atoms with Crippen molar-refractivity contribution in [1.82, 2.24) is 5.32 Å². The van der Waals surface area contributed by atoms with Crippen molar-refractivity contribution < 1.29 is 9.66 Å². The van der Waals surface area contributed by atoms with Gasteiger partial charge >= 0.3 is 0 Å². The van der Waals surface area contributed by atoms with E-state index in [0.717, 1.165) is 12.5 Å². The number of benzene rings is 1. The number of rotatable bonds is 6. The number of ether oxygens (including phenoxy) is 1. The first-order valence-electron chi connectivity index (χ1n) is 6.76. The van der Waals surface area contributed by atoms with Gasteiger partial charge in [-0.05, 0) is 37.3 Å². The summed E-state index contributed by atoms with van der Waals surface area (Å²) >= 11 is 0. The molecule has 0 heterocycles. The largest absolute Gasteiger partial charge is 0.492 e. The summed E-state index contributed by atoms with van der Waals surface area (Å²) in [6, 6.07) is 6.81. The number of nitrogens with zero attached hydrogens (tertiary/aromatic N) is 1. The molecule has 0 aromatic heterocycles. The standard InChI is InChI=1S/C14H20N2O3/c1-11-2-3-12(10-11)15-8-9-19-14-6-4-13(5-7-14)16(17)18/h4-7,11-12,15H,2-3,8-10H2,1H3. The molecule has 0 spiro atoms. The second kappa shape index (κ2) is 6.52. The summed E-state index contributed by atoms with van der Waals surface area (Å²) in [7, 11) is 0. The maximum absolute atomic E-state index is 10.5. The van der Waals surface area contributed by atoms with Gasteiger partial charge < -0.3 is 10.1 Å². The van der Waals surface area contributed by atoms with E-state index in [1.54, 1.807) is 12.1 Å². The zero-order valence-electron chi connectivity index (χ0n) is 11.2. The molecule has 0 bridgehead atoms. The maximum Gasteiger partial charge on any atom is 0.269 e. The number of nitro groups is 1. The fourth-order valence-electron chi connectivity index (χ4n) is 2.49. The van der Waals surface area contributed by atoms with Gasteiger partial charge in [0.25, 0.3) is 5.69 Å². The van der Waals surface area contributed by atoms with Gasteiger partial charge in [0.05, 0.1) is 4.92 Å². The Morgan fingerprint density at radius 3 is 2.68 bits per heavy atom. The minimum atomic E-state index is -0.410. The Balaban J connectivity index is 1.66. The second-order valence-electron chi connectivity index (χ2n) is 5.17. The van der Waals surface area contributed by atoms with Crippen LogP contribution in [0.4, 0.5) is 5.69 Å². The van der Waals surface area contributed by atoms with E-state index < -0.39 is 4.92 Å². The van der Waals surface area contributed by atoms with Gasteiger partial charge in [-0.2, -0.15) is 0 Å². The maximum atomic E-state index is 10.5. The van der Waals surface area contributed by atoms with Crippen molar-refractivity contribution in [3.8, 4) is 5.75 Å². The van der Waals surface area contributed by atoms with Crippen LogP contribution in [-0.4, -0.2) is 24.1 Å². The van der Waals surface area contributed by atoms with E-state index in [4.69, 9.17) is 4.74 Å². The Hall–Kier alpha value is -1.62. The molecule has 2 unspecified atom stereocenters. The van der Waals surface area contributed by atoms with Crippen molar-refractivity contribution >= 4 is 5.69 Å². The highest BCUT2D eigenvalue weighted by Gasteiger charge is 2.20. The predicted molar refractivity (Wildman–Crippen MR) is 73.4 cm³/mol. The average molecular weight is 264 g/mol. The Labute approximate surface area is 113 Å². The minimum absolute atomic E-state index is 0.0884. The zero-order valence-corrected chi connectivity index (χ0v) is 11.2. The van der Waals surface area contributed by atoms with Gasteiger partial charge in [-0.1, -0.05) is 6.92 Å². The third-order valence-corrected chi connectivity index (χ3v) is 3.55. The van der Waals surface area contributed by atoms with Crippen LogP contribution in [-0.2, 0) is 0 Å². The summed E-state index contributed by atoms with van der Waals surface area (Å²) in [5.74, 6) is 1.50. The number of hydrogen-bond donors (Lipinski definition) is 1. The molecule has 0 aliphatic heterocycles. The van der Waals surface area contributed by atoms with E-state index in [2.05, 4.69) is 12.2 Å². The second-order valence-corrected chi connectivity index (χ2v) is 5.17. The van der Waals surface area contributed by atoms with E-state index >= 15 is 0 Å². The van der Waals surface area contributed by atoms with Crippen LogP contribution in [0.2, 0.25) is 0 Å². The summed E-state index contributed by atoms with van der Waals surface area (Å²) < 4.78 is 5.54. The monoisotopic (exact) mass is 264 g/mol. The van der Waals surface area contributed by atoms with Crippen molar-refractivity contribution in [2.45, 2.75) is 32.2 Å². The van der Waals surface area contributed by atoms with E-state index in [1.165, 1.54) is 31.4 Å². The minimum Gasteiger partial charge on any atom is -0.492 e. The Morgan fingerprint density at radius 1 is 1.37 bits per heavy atom. The molecule has 19 heavy (non-hydrogen) atoms. The normalized spacial score (nSPS) is 22.4.